The molecule has 8 nitrogen and oxygen atoms in total. The van der Waals surface area contributed by atoms with Crippen LogP contribution in [-0.2, 0) is 27.9 Å². The van der Waals surface area contributed by atoms with Crippen LogP contribution in [0.25, 0.3) is 0 Å². The van der Waals surface area contributed by atoms with E-state index in [0.717, 1.165) is 11.1 Å². The number of carbonyl (C=O) groups excluding carboxylic acids is 2. The van der Waals surface area contributed by atoms with Gasteiger partial charge < -0.3 is 30.6 Å². The van der Waals surface area contributed by atoms with Gasteiger partial charge in [-0.2, -0.15) is 0 Å². The lowest BCUT2D eigenvalue weighted by Gasteiger charge is -2.23. The SMILES string of the molecule is COc1cc(CNC(=O)NC(COC(=O)C(C)(C)C)Cc2ccc(C(C)(C)C)cc2)ccc1OCCN. The highest BCUT2D eigenvalue weighted by atomic mass is 16.5. The van der Waals surface area contributed by atoms with Crippen molar-refractivity contribution in [2.75, 3.05) is 26.9 Å². The molecule has 1 unspecified atom stereocenters. The number of methoxy groups -OCH3 is 1. The van der Waals surface area contributed by atoms with Crippen molar-refractivity contribution in [1.29, 1.82) is 0 Å². The number of carbonyl (C=O) groups is 2. The molecule has 0 radical (unpaired) electrons. The van der Waals surface area contributed by atoms with Gasteiger partial charge in [-0.1, -0.05) is 51.1 Å². The summed E-state index contributed by atoms with van der Waals surface area (Å²) in [7, 11) is 1.56. The number of amides is 2. The van der Waals surface area contributed by atoms with E-state index in [1.165, 1.54) is 5.56 Å². The number of benzene rings is 2. The van der Waals surface area contributed by atoms with Crippen molar-refractivity contribution in [2.24, 2.45) is 11.1 Å². The van der Waals surface area contributed by atoms with Crippen LogP contribution < -0.4 is 25.8 Å². The molecule has 0 aliphatic carbocycles. The van der Waals surface area contributed by atoms with Crippen molar-refractivity contribution in [3.8, 4) is 11.5 Å². The Labute approximate surface area is 221 Å². The first-order valence-corrected chi connectivity index (χ1v) is 12.6. The number of ether oxygens (including phenoxy) is 3. The van der Waals surface area contributed by atoms with Crippen LogP contribution in [0.1, 0.15) is 58.2 Å². The molecule has 0 bridgehead atoms. The van der Waals surface area contributed by atoms with Crippen LogP contribution in [0, 0.1) is 5.41 Å². The number of urea groups is 1. The van der Waals surface area contributed by atoms with E-state index in [2.05, 4.69) is 55.7 Å². The maximum absolute atomic E-state index is 12.8. The Morgan fingerprint density at radius 1 is 0.946 bits per heavy atom. The van der Waals surface area contributed by atoms with Gasteiger partial charge in [0.2, 0.25) is 0 Å². The fraction of sp³-hybridized carbons (Fsp3) is 0.517. The minimum atomic E-state index is -0.625. The van der Waals surface area contributed by atoms with Gasteiger partial charge in [0.25, 0.3) is 0 Å². The fourth-order valence-electron chi connectivity index (χ4n) is 3.50. The normalized spacial score (nSPS) is 12.4. The number of hydrogen-bond donors (Lipinski definition) is 3. The first-order valence-electron chi connectivity index (χ1n) is 12.6. The maximum Gasteiger partial charge on any atom is 0.315 e. The third-order valence-corrected chi connectivity index (χ3v) is 5.72. The zero-order valence-corrected chi connectivity index (χ0v) is 23.3. The Balaban J connectivity index is 2.05. The monoisotopic (exact) mass is 513 g/mol. The Kier molecular flexibility index (Phi) is 10.8. The minimum Gasteiger partial charge on any atom is -0.493 e. The van der Waals surface area contributed by atoms with Crippen molar-refractivity contribution in [2.45, 2.75) is 66.0 Å². The molecule has 8 heteroatoms. The van der Waals surface area contributed by atoms with E-state index < -0.39 is 11.5 Å². The van der Waals surface area contributed by atoms with Gasteiger partial charge in [-0.3, -0.25) is 4.79 Å². The third-order valence-electron chi connectivity index (χ3n) is 5.72. The number of nitrogens with one attached hydrogen (secondary N) is 2. The standard InChI is InChI=1S/C29H43N3O5/c1-28(2,3)22-11-8-20(9-12-22)16-23(19-37-26(33)29(4,5)6)32-27(34)31-18-21-10-13-24(36-15-14-30)25(17-21)35-7/h8-13,17,23H,14-16,18-19,30H2,1-7H3,(H2,31,32,34). The highest BCUT2D eigenvalue weighted by Gasteiger charge is 2.25. The molecule has 0 saturated heterocycles. The summed E-state index contributed by atoms with van der Waals surface area (Å²) in [6.07, 6.45) is 0.524. The van der Waals surface area contributed by atoms with Gasteiger partial charge in [0.1, 0.15) is 13.2 Å². The van der Waals surface area contributed by atoms with Crippen molar-refractivity contribution >= 4 is 12.0 Å². The van der Waals surface area contributed by atoms with Gasteiger partial charge >= 0.3 is 12.0 Å². The average Bonchev–Trinajstić information content (AvgIpc) is 2.83. The van der Waals surface area contributed by atoms with E-state index in [0.29, 0.717) is 31.1 Å². The molecule has 1 atom stereocenters. The zero-order chi connectivity index (χ0) is 27.6. The highest BCUT2D eigenvalue weighted by molar-refractivity contribution is 5.76. The van der Waals surface area contributed by atoms with Gasteiger partial charge in [-0.25, -0.2) is 4.79 Å². The summed E-state index contributed by atoms with van der Waals surface area (Å²) in [6.45, 7) is 13.1. The molecular formula is C29H43N3O5. The topological polar surface area (TPSA) is 112 Å². The predicted molar refractivity (Wildman–Crippen MR) is 146 cm³/mol. The Morgan fingerprint density at radius 3 is 2.16 bits per heavy atom. The van der Waals surface area contributed by atoms with Gasteiger partial charge in [-0.15, -0.1) is 0 Å². The van der Waals surface area contributed by atoms with E-state index in [1.807, 2.05) is 12.1 Å². The molecule has 2 aromatic carbocycles. The van der Waals surface area contributed by atoms with Gasteiger partial charge in [0, 0.05) is 13.1 Å². The molecule has 0 heterocycles. The lowest BCUT2D eigenvalue weighted by Crippen LogP contribution is -2.45. The molecule has 4 N–H and O–H groups in total. The van der Waals surface area contributed by atoms with E-state index in [9.17, 15) is 9.59 Å². The van der Waals surface area contributed by atoms with Crippen LogP contribution in [0.4, 0.5) is 4.79 Å². The van der Waals surface area contributed by atoms with Crippen molar-refractivity contribution < 1.29 is 23.8 Å². The summed E-state index contributed by atoms with van der Waals surface area (Å²) < 4.78 is 16.5. The van der Waals surface area contributed by atoms with E-state index >= 15 is 0 Å². The van der Waals surface area contributed by atoms with Crippen LogP contribution in [0.15, 0.2) is 42.5 Å². The average molecular weight is 514 g/mol. The van der Waals surface area contributed by atoms with Gasteiger partial charge in [-0.05, 0) is 61.4 Å². The zero-order valence-electron chi connectivity index (χ0n) is 23.3. The van der Waals surface area contributed by atoms with Gasteiger partial charge in [0.05, 0.1) is 18.6 Å². The molecule has 0 spiro atoms. The molecule has 37 heavy (non-hydrogen) atoms. The summed E-state index contributed by atoms with van der Waals surface area (Å²) in [5.74, 6) is 0.852. The largest absolute Gasteiger partial charge is 0.493 e. The molecule has 0 saturated carbocycles. The number of nitrogens with two attached hydrogens (primary N) is 1. The first kappa shape index (κ1) is 30.0. The lowest BCUT2D eigenvalue weighted by atomic mass is 9.86. The molecule has 0 aliphatic rings. The van der Waals surface area contributed by atoms with Crippen LogP contribution in [-0.4, -0.2) is 44.9 Å². The maximum atomic E-state index is 12.8. The van der Waals surface area contributed by atoms with Crippen LogP contribution >= 0.6 is 0 Å². The molecule has 204 valence electrons. The van der Waals surface area contributed by atoms with Gasteiger partial charge in [0.15, 0.2) is 11.5 Å². The predicted octanol–water partition coefficient (Wildman–Crippen LogP) is 4.33. The van der Waals surface area contributed by atoms with E-state index in [4.69, 9.17) is 19.9 Å². The summed E-state index contributed by atoms with van der Waals surface area (Å²) in [4.78, 5) is 25.1. The Morgan fingerprint density at radius 2 is 1.59 bits per heavy atom. The quantitative estimate of drug-likeness (QED) is 0.386. The second-order valence-electron chi connectivity index (χ2n) is 11.1. The Bertz CT molecular complexity index is 1020. The van der Waals surface area contributed by atoms with Crippen LogP contribution in [0.2, 0.25) is 0 Å². The molecular weight excluding hydrogens is 470 g/mol. The number of rotatable bonds is 11. The summed E-state index contributed by atoms with van der Waals surface area (Å²) in [5.41, 5.74) is 8.05. The van der Waals surface area contributed by atoms with E-state index in [1.54, 1.807) is 33.9 Å². The summed E-state index contributed by atoms with van der Waals surface area (Å²) >= 11 is 0. The van der Waals surface area contributed by atoms with E-state index in [-0.39, 0.29) is 30.6 Å². The van der Waals surface area contributed by atoms with Crippen molar-refractivity contribution in [1.82, 2.24) is 10.6 Å². The Hall–Kier alpha value is -3.26. The van der Waals surface area contributed by atoms with Crippen molar-refractivity contribution in [3.05, 3.63) is 59.2 Å². The van der Waals surface area contributed by atoms with Crippen LogP contribution in [0.3, 0.4) is 0 Å². The fourth-order valence-corrected chi connectivity index (χ4v) is 3.50. The second kappa shape index (κ2) is 13.3. The third kappa shape index (κ3) is 9.96. The molecule has 0 fully saturated rings. The smallest absolute Gasteiger partial charge is 0.315 e. The number of hydrogen-bond acceptors (Lipinski definition) is 6. The lowest BCUT2D eigenvalue weighted by molar-refractivity contribution is -0.153. The molecule has 0 aromatic heterocycles. The minimum absolute atomic E-state index is 0.0513. The molecule has 2 rings (SSSR count). The summed E-state index contributed by atoms with van der Waals surface area (Å²) in [5, 5.41) is 5.83. The molecule has 0 aliphatic heterocycles. The number of esters is 1. The van der Waals surface area contributed by atoms with Crippen LogP contribution in [0.5, 0.6) is 11.5 Å². The first-order chi connectivity index (χ1) is 17.3. The van der Waals surface area contributed by atoms with Crippen molar-refractivity contribution in [3.63, 3.8) is 0 Å². The second-order valence-corrected chi connectivity index (χ2v) is 11.1. The summed E-state index contributed by atoms with van der Waals surface area (Å²) in [6, 6.07) is 13.0. The molecule has 2 amide bonds. The highest BCUT2D eigenvalue weighted by Crippen LogP contribution is 2.28. The molecule has 2 aromatic rings.